The topological polar surface area (TPSA) is 156 Å². The van der Waals surface area contributed by atoms with E-state index in [9.17, 15) is 4.79 Å². The molecule has 10 heteroatoms. The molecule has 1 saturated carbocycles. The molecule has 1 aliphatic carbocycles. The highest BCUT2D eigenvalue weighted by Gasteiger charge is 2.50. The van der Waals surface area contributed by atoms with Gasteiger partial charge in [0.05, 0.1) is 42.2 Å². The van der Waals surface area contributed by atoms with Gasteiger partial charge in [-0.15, -0.1) is 0 Å². The fraction of sp³-hybridized carbons (Fsp3) is 0.314. The Morgan fingerprint density at radius 2 is 1.80 bits per heavy atom. The molecule has 0 heterocycles. The van der Waals surface area contributed by atoms with E-state index in [0.717, 1.165) is 29.5 Å². The van der Waals surface area contributed by atoms with Crippen LogP contribution in [0.5, 0.6) is 5.75 Å². The summed E-state index contributed by atoms with van der Waals surface area (Å²) in [7, 11) is 3.25. The van der Waals surface area contributed by atoms with Gasteiger partial charge in [0.15, 0.2) is 5.75 Å². The van der Waals surface area contributed by atoms with Crippen molar-refractivity contribution in [2.75, 3.05) is 30.2 Å². The summed E-state index contributed by atoms with van der Waals surface area (Å²) >= 11 is 0. The van der Waals surface area contributed by atoms with Gasteiger partial charge in [0.25, 0.3) is 5.91 Å². The molecule has 0 aliphatic heterocycles. The summed E-state index contributed by atoms with van der Waals surface area (Å²) in [6.07, 6.45) is 3.02. The van der Waals surface area contributed by atoms with Crippen molar-refractivity contribution in [3.8, 4) is 5.75 Å². The van der Waals surface area contributed by atoms with Gasteiger partial charge in [-0.25, -0.2) is 5.84 Å². The number of carbonyl (C=O) groups is 1. The highest BCUT2D eigenvalue weighted by molar-refractivity contribution is 6.06. The number of amidine groups is 1. The summed E-state index contributed by atoms with van der Waals surface area (Å²) in [6.45, 7) is 12.6. The van der Waals surface area contributed by atoms with Crippen LogP contribution in [-0.2, 0) is 16.8 Å². The zero-order chi connectivity index (χ0) is 33.1. The number of hydrogen-bond donors (Lipinski definition) is 5. The van der Waals surface area contributed by atoms with Crippen LogP contribution in [-0.4, -0.2) is 36.4 Å². The van der Waals surface area contributed by atoms with Crippen molar-refractivity contribution in [1.82, 2.24) is 4.90 Å². The molecule has 10 nitrogen and oxygen atoms in total. The van der Waals surface area contributed by atoms with E-state index in [1.54, 1.807) is 24.1 Å². The number of nitrogens with zero attached hydrogens (tertiary/aromatic N) is 2. The van der Waals surface area contributed by atoms with Gasteiger partial charge < -0.3 is 31.2 Å². The monoisotopic (exact) mass is 611 g/mol. The number of anilines is 3. The molecular formula is C35H45N7O3. The molecule has 0 bridgehead atoms. The van der Waals surface area contributed by atoms with Gasteiger partial charge in [-0.05, 0) is 66.1 Å². The Kier molecular flexibility index (Phi) is 9.60. The van der Waals surface area contributed by atoms with Gasteiger partial charge in [0, 0.05) is 18.8 Å². The molecule has 8 N–H and O–H groups in total. The molecule has 0 unspecified atom stereocenters. The summed E-state index contributed by atoms with van der Waals surface area (Å²) in [6, 6.07) is 18.8. The number of hydrazine groups is 1. The minimum atomic E-state index is -0.672. The Bertz CT molecular complexity index is 1620. The third-order valence-electron chi connectivity index (χ3n) is 8.03. The third kappa shape index (κ3) is 7.47. The van der Waals surface area contributed by atoms with Crippen molar-refractivity contribution in [3.63, 3.8) is 0 Å². The minimum Gasteiger partial charge on any atom is -0.492 e. The second-order valence-electron chi connectivity index (χ2n) is 12.5. The molecule has 0 saturated heterocycles. The molecule has 0 aromatic heterocycles. The SMILES string of the molecule is C=C(/C(N)=C/N(N)c1cc(C(=O)Nc2cc(C(C)(C)C)cc(N)c2OC)ccc1C)N(C)C(=N)C1(OCc2ccccc2)CC1. The predicted molar refractivity (Wildman–Crippen MR) is 182 cm³/mol. The fourth-order valence-corrected chi connectivity index (χ4v) is 4.92. The number of hydrogen-bond acceptors (Lipinski definition) is 8. The molecule has 45 heavy (non-hydrogen) atoms. The largest absolute Gasteiger partial charge is 0.492 e. The third-order valence-corrected chi connectivity index (χ3v) is 8.03. The molecule has 3 aromatic carbocycles. The molecule has 1 amide bonds. The second-order valence-corrected chi connectivity index (χ2v) is 12.5. The summed E-state index contributed by atoms with van der Waals surface area (Å²) in [5, 5.41) is 13.1. The van der Waals surface area contributed by atoms with Crippen molar-refractivity contribution in [3.05, 3.63) is 107 Å². The summed E-state index contributed by atoms with van der Waals surface area (Å²) < 4.78 is 11.7. The number of methoxy groups -OCH3 is 1. The highest BCUT2D eigenvalue weighted by Crippen LogP contribution is 2.43. The van der Waals surface area contributed by atoms with E-state index in [-0.39, 0.29) is 22.9 Å². The Hall–Kier alpha value is -4.80. The molecule has 0 spiro atoms. The van der Waals surface area contributed by atoms with Crippen LogP contribution in [0.2, 0.25) is 0 Å². The minimum absolute atomic E-state index is 0.186. The van der Waals surface area contributed by atoms with Crippen LogP contribution in [0.3, 0.4) is 0 Å². The molecule has 0 atom stereocenters. The van der Waals surface area contributed by atoms with Crippen LogP contribution >= 0.6 is 0 Å². The van der Waals surface area contributed by atoms with E-state index < -0.39 is 5.60 Å². The van der Waals surface area contributed by atoms with E-state index in [1.165, 1.54) is 18.3 Å². The number of nitrogens with one attached hydrogen (secondary N) is 2. The van der Waals surface area contributed by atoms with Crippen LogP contribution < -0.4 is 32.4 Å². The van der Waals surface area contributed by atoms with Crippen molar-refractivity contribution in [2.45, 2.75) is 58.2 Å². The molecular weight excluding hydrogens is 566 g/mol. The number of ether oxygens (including phenoxy) is 2. The van der Waals surface area contributed by atoms with Gasteiger partial charge in [0.2, 0.25) is 0 Å². The Morgan fingerprint density at radius 3 is 2.40 bits per heavy atom. The number of nitrogen functional groups attached to an aromatic ring is 1. The normalized spacial score (nSPS) is 14.0. The number of nitrogens with two attached hydrogens (primary N) is 3. The van der Waals surface area contributed by atoms with Gasteiger partial charge >= 0.3 is 0 Å². The predicted octanol–water partition coefficient (Wildman–Crippen LogP) is 5.79. The number of benzene rings is 3. The summed E-state index contributed by atoms with van der Waals surface area (Å²) in [5.41, 5.74) is 17.2. The van der Waals surface area contributed by atoms with Crippen molar-refractivity contribution < 1.29 is 14.3 Å². The first-order valence-corrected chi connectivity index (χ1v) is 14.8. The fourth-order valence-electron chi connectivity index (χ4n) is 4.92. The molecule has 1 aliphatic rings. The molecule has 0 radical (unpaired) electrons. The summed E-state index contributed by atoms with van der Waals surface area (Å²) in [4.78, 5) is 15.0. The Morgan fingerprint density at radius 1 is 1.13 bits per heavy atom. The van der Waals surface area contributed by atoms with E-state index >= 15 is 0 Å². The van der Waals surface area contributed by atoms with Gasteiger partial charge in [-0.1, -0.05) is 63.7 Å². The van der Waals surface area contributed by atoms with Crippen molar-refractivity contribution in [1.29, 1.82) is 5.41 Å². The lowest BCUT2D eigenvalue weighted by molar-refractivity contribution is 0.0601. The number of aryl methyl sites for hydroxylation is 1. The highest BCUT2D eigenvalue weighted by atomic mass is 16.5. The smallest absolute Gasteiger partial charge is 0.255 e. The molecule has 1 fully saturated rings. The van der Waals surface area contributed by atoms with Gasteiger partial charge in [-0.3, -0.25) is 15.2 Å². The molecule has 4 rings (SSSR count). The van der Waals surface area contributed by atoms with Crippen LogP contribution in [0.25, 0.3) is 0 Å². The number of carbonyl (C=O) groups excluding carboxylic acids is 1. The van der Waals surface area contributed by atoms with Crippen LogP contribution in [0.15, 0.2) is 84.8 Å². The van der Waals surface area contributed by atoms with Crippen LogP contribution in [0.1, 0.15) is 60.7 Å². The quantitative estimate of drug-likeness (QED) is 0.0456. The first-order valence-electron chi connectivity index (χ1n) is 14.8. The van der Waals surface area contributed by atoms with Crippen molar-refractivity contribution in [2.24, 2.45) is 11.6 Å². The Labute approximate surface area is 265 Å². The zero-order valence-electron chi connectivity index (χ0n) is 27.0. The lowest BCUT2D eigenvalue weighted by Gasteiger charge is -2.29. The number of amides is 1. The zero-order valence-corrected chi connectivity index (χ0v) is 27.0. The van der Waals surface area contributed by atoms with E-state index in [4.69, 9.17) is 32.2 Å². The van der Waals surface area contributed by atoms with Gasteiger partial charge in [-0.2, -0.15) is 0 Å². The van der Waals surface area contributed by atoms with Crippen LogP contribution in [0, 0.1) is 12.3 Å². The standard InChI is InChI=1S/C35H45N7O3/c1-22-13-14-25(32(43)40-29-19-26(34(3,4)5)18-27(36)31(29)44-7)17-30(22)42(39)20-28(37)23(2)41(6)33(38)35(15-16-35)45-21-24-11-9-8-10-12-24/h8-14,17-20,38H,2,15-16,21,36-37,39H2,1,3-7H3,(H,40,43)/b28-20-,38-33?. The number of likely N-dealkylation sites (N-methyl/N-ethyl adjacent to an activating group) is 1. The summed E-state index contributed by atoms with van der Waals surface area (Å²) in [5.74, 6) is 6.77. The lowest BCUT2D eigenvalue weighted by Crippen LogP contribution is -2.40. The van der Waals surface area contributed by atoms with E-state index in [2.05, 4.69) is 32.7 Å². The average molecular weight is 612 g/mol. The van der Waals surface area contributed by atoms with E-state index in [1.807, 2.05) is 55.5 Å². The maximum Gasteiger partial charge on any atom is 0.255 e. The first-order chi connectivity index (χ1) is 21.2. The van der Waals surface area contributed by atoms with E-state index in [0.29, 0.717) is 40.7 Å². The first kappa shape index (κ1) is 33.1. The second kappa shape index (κ2) is 13.1. The maximum atomic E-state index is 13.4. The lowest BCUT2D eigenvalue weighted by atomic mass is 9.86. The van der Waals surface area contributed by atoms with Crippen LogP contribution in [0.4, 0.5) is 17.1 Å². The Balaban J connectivity index is 1.48. The maximum absolute atomic E-state index is 13.4. The number of rotatable bonds is 11. The van der Waals surface area contributed by atoms with Gasteiger partial charge in [0.1, 0.15) is 11.4 Å². The molecule has 238 valence electrons. The molecule has 3 aromatic rings. The average Bonchev–Trinajstić information content (AvgIpc) is 3.80. The van der Waals surface area contributed by atoms with Crippen molar-refractivity contribution >= 4 is 28.8 Å².